The molecule has 0 radical (unpaired) electrons. The zero-order chi connectivity index (χ0) is 45.5. The minimum Gasteiger partial charge on any atom is -0.465 e. The van der Waals surface area contributed by atoms with Crippen molar-refractivity contribution in [3.05, 3.63) is 29.3 Å². The smallest absolute Gasteiger partial charge is 0.356 e. The Morgan fingerprint density at radius 1 is 0.467 bits per heavy atom. The van der Waals surface area contributed by atoms with Gasteiger partial charge in [-0.25, -0.2) is 9.59 Å². The van der Waals surface area contributed by atoms with E-state index >= 15 is 0 Å². The van der Waals surface area contributed by atoms with Crippen LogP contribution in [0.15, 0.2) is 18.2 Å². The summed E-state index contributed by atoms with van der Waals surface area (Å²) in [5, 5.41) is -0.453. The first-order valence-corrected chi connectivity index (χ1v) is 27.8. The number of esters is 2. The van der Waals surface area contributed by atoms with Gasteiger partial charge >= 0.3 is 19.5 Å². The third kappa shape index (κ3) is 30.3. The van der Waals surface area contributed by atoms with Gasteiger partial charge in [-0.2, -0.15) is 0 Å². The van der Waals surface area contributed by atoms with Gasteiger partial charge in [0.2, 0.25) is 0 Å². The summed E-state index contributed by atoms with van der Waals surface area (Å²) in [4.78, 5) is 40.8. The number of methoxy groups -OCH3 is 2. The molecule has 2 N–H and O–H groups in total. The molecule has 10 heteroatoms. The third-order valence-electron chi connectivity index (χ3n) is 12.3. The van der Waals surface area contributed by atoms with Crippen LogP contribution in [0.4, 0.5) is 0 Å². The molecule has 1 aromatic carbocycles. The number of carbonyl (C=O) groups excluding carboxylic acids is 2. The number of hydrogen-bond acceptors (Lipinski definition) is 5. The molecule has 0 fully saturated rings. The molecule has 60 heavy (non-hydrogen) atoms. The summed E-state index contributed by atoms with van der Waals surface area (Å²) >= 11 is 0. The van der Waals surface area contributed by atoms with Crippen LogP contribution in [0.3, 0.4) is 0 Å². The second-order valence-corrected chi connectivity index (χ2v) is 20.3. The number of unbranched alkanes of at least 4 members (excludes halogenated alkanes) is 14. The van der Waals surface area contributed by atoms with Gasteiger partial charge in [-0.3, -0.25) is 4.57 Å². The van der Waals surface area contributed by atoms with E-state index in [1.165, 1.54) is 205 Å². The SMILES string of the molecule is CCCCC(CCCC)(CCCC)CCCCCCCP.CCCCC(CCCC)(CCCC)CCCCCCCP.COC(=O)c1cc(C(=O)OC)cc(P(=O)(O)O)c1. The number of benzene rings is 1. The van der Waals surface area contributed by atoms with Crippen LogP contribution >= 0.6 is 26.1 Å². The Balaban J connectivity index is 0. The Morgan fingerprint density at radius 2 is 0.717 bits per heavy atom. The van der Waals surface area contributed by atoms with Crippen LogP contribution in [0.5, 0.6) is 0 Å². The predicted octanol–water partition coefficient (Wildman–Crippen LogP) is 15.6. The average Bonchev–Trinajstić information content (AvgIpc) is 3.26. The Bertz CT molecular complexity index is 1100. The fraction of sp³-hybridized carbons (Fsp3) is 0.840. The van der Waals surface area contributed by atoms with Crippen molar-refractivity contribution in [2.45, 2.75) is 234 Å². The molecule has 1 rings (SSSR count). The van der Waals surface area contributed by atoms with Crippen LogP contribution in [0.25, 0.3) is 0 Å². The third-order valence-corrected chi connectivity index (χ3v) is 14.0. The average molecular weight is 903 g/mol. The Hall–Kier alpha value is -0.830. The lowest BCUT2D eigenvalue weighted by Crippen LogP contribution is -2.21. The van der Waals surface area contributed by atoms with Crippen LogP contribution in [-0.2, 0) is 14.0 Å². The molecule has 0 spiro atoms. The van der Waals surface area contributed by atoms with Crippen molar-refractivity contribution in [2.75, 3.05) is 26.5 Å². The zero-order valence-electron chi connectivity index (χ0n) is 40.4. The Kier molecular flexibility index (Phi) is 40.6. The summed E-state index contributed by atoms with van der Waals surface area (Å²) < 4.78 is 20.0. The van der Waals surface area contributed by atoms with Crippen LogP contribution in [0.1, 0.15) is 255 Å². The molecule has 2 unspecified atom stereocenters. The number of hydrogen-bond donors (Lipinski definition) is 2. The van der Waals surface area contributed by atoms with Crippen molar-refractivity contribution in [2.24, 2.45) is 10.8 Å². The van der Waals surface area contributed by atoms with Crippen molar-refractivity contribution < 1.29 is 33.4 Å². The van der Waals surface area contributed by atoms with Crippen LogP contribution in [0.2, 0.25) is 0 Å². The first kappa shape index (κ1) is 61.3. The first-order chi connectivity index (χ1) is 28.8. The lowest BCUT2D eigenvalue weighted by molar-refractivity contribution is 0.0599. The molecule has 0 aliphatic heterocycles. The summed E-state index contributed by atoms with van der Waals surface area (Å²) in [5.74, 6) is -1.62. The fourth-order valence-corrected chi connectivity index (χ4v) is 9.60. The second-order valence-electron chi connectivity index (χ2n) is 17.5. The van der Waals surface area contributed by atoms with Crippen LogP contribution in [-0.4, -0.2) is 48.3 Å². The van der Waals surface area contributed by atoms with Crippen LogP contribution in [0, 0.1) is 10.8 Å². The summed E-state index contributed by atoms with van der Waals surface area (Å²) in [6, 6.07) is 3.08. The summed E-state index contributed by atoms with van der Waals surface area (Å²) in [6.07, 6.45) is 45.9. The lowest BCUT2D eigenvalue weighted by Gasteiger charge is -2.35. The van der Waals surface area contributed by atoms with E-state index in [0.29, 0.717) is 10.8 Å². The van der Waals surface area contributed by atoms with Gasteiger partial charge in [0.25, 0.3) is 0 Å². The Morgan fingerprint density at radius 3 is 0.950 bits per heavy atom. The monoisotopic (exact) mass is 903 g/mol. The van der Waals surface area contributed by atoms with Gasteiger partial charge in [0, 0.05) is 0 Å². The molecular formula is C50H97O7P3. The van der Waals surface area contributed by atoms with Crippen molar-refractivity contribution in [1.82, 2.24) is 0 Å². The molecule has 0 aliphatic rings. The highest BCUT2D eigenvalue weighted by Crippen LogP contribution is 2.43. The molecule has 0 aliphatic carbocycles. The minimum atomic E-state index is -4.59. The molecule has 0 heterocycles. The lowest BCUT2D eigenvalue weighted by atomic mass is 9.71. The minimum absolute atomic E-state index is 0.140. The summed E-state index contributed by atoms with van der Waals surface area (Å²) in [5.41, 5.74) is 1.11. The van der Waals surface area contributed by atoms with Crippen molar-refractivity contribution in [3.63, 3.8) is 0 Å². The van der Waals surface area contributed by atoms with E-state index in [9.17, 15) is 14.2 Å². The van der Waals surface area contributed by atoms with Crippen LogP contribution < -0.4 is 5.30 Å². The predicted molar refractivity (Wildman–Crippen MR) is 267 cm³/mol. The van der Waals surface area contributed by atoms with E-state index in [0.717, 1.165) is 32.4 Å². The van der Waals surface area contributed by atoms with E-state index in [1.54, 1.807) is 0 Å². The normalized spacial score (nSPS) is 11.7. The van der Waals surface area contributed by atoms with Crippen molar-refractivity contribution in [3.8, 4) is 0 Å². The van der Waals surface area contributed by atoms with E-state index in [1.807, 2.05) is 0 Å². The van der Waals surface area contributed by atoms with Gasteiger partial charge < -0.3 is 19.3 Å². The highest BCUT2D eigenvalue weighted by molar-refractivity contribution is 7.60. The van der Waals surface area contributed by atoms with Gasteiger partial charge in [-0.05, 0) is 106 Å². The van der Waals surface area contributed by atoms with E-state index in [-0.39, 0.29) is 11.1 Å². The zero-order valence-corrected chi connectivity index (χ0v) is 43.6. The number of rotatable bonds is 35. The largest absolute Gasteiger partial charge is 0.465 e. The van der Waals surface area contributed by atoms with E-state index in [2.05, 4.69) is 69.5 Å². The van der Waals surface area contributed by atoms with Gasteiger partial charge in [-0.15, -0.1) is 18.5 Å². The number of carbonyl (C=O) groups is 2. The topological polar surface area (TPSA) is 110 Å². The van der Waals surface area contributed by atoms with E-state index in [4.69, 9.17) is 9.79 Å². The van der Waals surface area contributed by atoms with Gasteiger partial charge in [0.05, 0.1) is 30.7 Å². The maximum absolute atomic E-state index is 11.3. The summed E-state index contributed by atoms with van der Waals surface area (Å²) in [6.45, 7) is 14.1. The van der Waals surface area contributed by atoms with Gasteiger partial charge in [0.15, 0.2) is 0 Å². The highest BCUT2D eigenvalue weighted by atomic mass is 31.2. The van der Waals surface area contributed by atoms with Gasteiger partial charge in [-0.1, -0.05) is 170 Å². The van der Waals surface area contributed by atoms with Gasteiger partial charge in [0.1, 0.15) is 0 Å². The summed E-state index contributed by atoms with van der Waals surface area (Å²) in [7, 11) is 3.35. The molecule has 354 valence electrons. The molecule has 0 bridgehead atoms. The second kappa shape index (κ2) is 39.7. The highest BCUT2D eigenvalue weighted by Gasteiger charge is 2.29. The maximum atomic E-state index is 11.3. The molecule has 0 aromatic heterocycles. The Labute approximate surface area is 376 Å². The van der Waals surface area contributed by atoms with Crippen molar-refractivity contribution >= 4 is 43.3 Å². The first-order valence-electron chi connectivity index (χ1n) is 24.6. The molecule has 7 nitrogen and oxygen atoms in total. The molecule has 2 atom stereocenters. The van der Waals surface area contributed by atoms with E-state index < -0.39 is 24.8 Å². The fourth-order valence-electron chi connectivity index (χ4n) is 8.41. The molecule has 0 saturated carbocycles. The molecule has 1 aromatic rings. The molecular weight excluding hydrogens is 805 g/mol. The quantitative estimate of drug-likeness (QED) is 0.0396. The standard InChI is InChI=1S/2C20H43P.C10H11O7P/c2*1-4-7-15-20(16-8-5-2,17-9-6-3)18-13-11-10-12-14-19-21;1-16-9(11)6-3-7(10(12)17-2)5-8(4-6)18(13,14)15/h2*4-19,21H2,1-3H3;3-5H,1-2H3,(H2,13,14,15). The molecule has 0 amide bonds. The number of ether oxygens (including phenoxy) is 2. The maximum Gasteiger partial charge on any atom is 0.356 e. The van der Waals surface area contributed by atoms with Crippen molar-refractivity contribution in [1.29, 1.82) is 0 Å². The molecule has 0 saturated heterocycles.